The minimum Gasteiger partial charge on any atom is -0.335 e. The number of aromatic nitrogens is 3. The molecule has 15 heavy (non-hydrogen) atoms. The maximum Gasteiger partial charge on any atom is 0.192 e. The van der Waals surface area contributed by atoms with Crippen LogP contribution >= 0.6 is 0 Å². The molecule has 6 heteroatoms. The SMILES string of the molecule is C1=CC=C2Nc3[nH]o[nH][nH]c3N=C2C=C1. The highest BCUT2D eigenvalue weighted by atomic mass is 16.6. The third kappa shape index (κ3) is 1.32. The lowest BCUT2D eigenvalue weighted by Gasteiger charge is -2.16. The summed E-state index contributed by atoms with van der Waals surface area (Å²) >= 11 is 0. The predicted molar refractivity (Wildman–Crippen MR) is 56.5 cm³/mol. The van der Waals surface area contributed by atoms with E-state index in [2.05, 4.69) is 25.8 Å². The highest BCUT2D eigenvalue weighted by molar-refractivity contribution is 6.13. The second kappa shape index (κ2) is 3.09. The lowest BCUT2D eigenvalue weighted by atomic mass is 10.2. The Balaban J connectivity index is 2.17. The van der Waals surface area contributed by atoms with Gasteiger partial charge >= 0.3 is 0 Å². The Kier molecular flexibility index (Phi) is 1.64. The maximum absolute atomic E-state index is 4.79. The Labute approximate surface area is 84.7 Å². The van der Waals surface area contributed by atoms with Gasteiger partial charge < -0.3 is 5.32 Å². The number of fused-ring (bicyclic) bond motifs is 2. The minimum atomic E-state index is 0.667. The van der Waals surface area contributed by atoms with Crippen LogP contribution in [0.3, 0.4) is 0 Å². The number of aromatic amines is 3. The molecule has 0 amide bonds. The van der Waals surface area contributed by atoms with Crippen LogP contribution in [-0.4, -0.2) is 21.2 Å². The summed E-state index contributed by atoms with van der Waals surface area (Å²) in [5.41, 5.74) is 1.80. The molecule has 0 bridgehead atoms. The van der Waals surface area contributed by atoms with Crippen LogP contribution in [0.15, 0.2) is 45.7 Å². The fourth-order valence-electron chi connectivity index (χ4n) is 1.43. The van der Waals surface area contributed by atoms with Crippen LogP contribution in [-0.2, 0) is 0 Å². The lowest BCUT2D eigenvalue weighted by Crippen LogP contribution is -2.15. The molecule has 1 aromatic heterocycles. The van der Waals surface area contributed by atoms with Crippen LogP contribution in [0.1, 0.15) is 0 Å². The van der Waals surface area contributed by atoms with E-state index in [1.165, 1.54) is 0 Å². The number of nitrogens with zero attached hydrogens (tertiary/aromatic N) is 1. The van der Waals surface area contributed by atoms with Gasteiger partial charge in [-0.3, -0.25) is 9.73 Å². The number of H-pyrrole nitrogens is 3. The third-order valence-electron chi connectivity index (χ3n) is 2.12. The monoisotopic (exact) mass is 203 g/mol. The van der Waals surface area contributed by atoms with E-state index < -0.39 is 0 Å². The standard InChI is InChI=1S/C9H9N5O/c1-2-4-6-7(5-3-1)11-9-8(10-6)12-14-15-13-9/h1-5,11-14H. The summed E-state index contributed by atoms with van der Waals surface area (Å²) in [5, 5.41) is 11.1. The minimum absolute atomic E-state index is 0.667. The van der Waals surface area contributed by atoms with Crippen LogP contribution in [0.5, 0.6) is 0 Å². The van der Waals surface area contributed by atoms with Gasteiger partial charge in [0.2, 0.25) is 0 Å². The van der Waals surface area contributed by atoms with Crippen molar-refractivity contribution in [3.8, 4) is 0 Å². The van der Waals surface area contributed by atoms with Gasteiger partial charge in [-0.05, 0) is 12.2 Å². The summed E-state index contributed by atoms with van der Waals surface area (Å²) in [6.45, 7) is 0. The summed E-state index contributed by atoms with van der Waals surface area (Å²) < 4.78 is 4.79. The number of anilines is 1. The van der Waals surface area contributed by atoms with Gasteiger partial charge in [-0.2, -0.15) is 5.16 Å². The summed E-state index contributed by atoms with van der Waals surface area (Å²) in [6, 6.07) is 0. The number of hydrogen-bond donors (Lipinski definition) is 4. The van der Waals surface area contributed by atoms with E-state index in [1.54, 1.807) is 0 Å². The summed E-state index contributed by atoms with van der Waals surface area (Å²) in [7, 11) is 0. The van der Waals surface area contributed by atoms with Gasteiger partial charge in [0.25, 0.3) is 0 Å². The molecule has 0 unspecified atom stereocenters. The van der Waals surface area contributed by atoms with Crippen molar-refractivity contribution in [1.82, 2.24) is 15.5 Å². The van der Waals surface area contributed by atoms with Crippen LogP contribution in [0, 0.1) is 0 Å². The van der Waals surface area contributed by atoms with Gasteiger partial charge in [0.1, 0.15) is 0 Å². The number of aliphatic imine (C=N–C) groups is 1. The van der Waals surface area contributed by atoms with Crippen molar-refractivity contribution < 1.29 is 4.63 Å². The van der Waals surface area contributed by atoms with Gasteiger partial charge in [0.05, 0.1) is 11.4 Å². The first-order valence-electron chi connectivity index (χ1n) is 4.52. The van der Waals surface area contributed by atoms with Gasteiger partial charge in [0.15, 0.2) is 11.6 Å². The molecular weight excluding hydrogens is 194 g/mol. The molecule has 2 aliphatic rings. The summed E-state index contributed by atoms with van der Waals surface area (Å²) in [4.78, 5) is 4.41. The van der Waals surface area contributed by atoms with Crippen molar-refractivity contribution in [2.75, 3.05) is 5.32 Å². The number of nitrogens with one attached hydrogen (secondary N) is 4. The van der Waals surface area contributed by atoms with Gasteiger partial charge in [0, 0.05) is 0 Å². The maximum atomic E-state index is 4.79. The van der Waals surface area contributed by atoms with Crippen LogP contribution in [0.2, 0.25) is 0 Å². The van der Waals surface area contributed by atoms with Crippen LogP contribution in [0.25, 0.3) is 0 Å². The molecule has 0 aromatic carbocycles. The van der Waals surface area contributed by atoms with Crippen molar-refractivity contribution in [1.29, 1.82) is 0 Å². The number of hydrogen-bond acceptors (Lipinski definition) is 3. The van der Waals surface area contributed by atoms with Gasteiger partial charge in [-0.1, -0.05) is 18.2 Å². The molecule has 0 saturated heterocycles. The fraction of sp³-hybridized carbons (Fsp3) is 0. The molecule has 4 N–H and O–H groups in total. The zero-order valence-electron chi connectivity index (χ0n) is 7.74. The molecule has 1 aromatic rings. The van der Waals surface area contributed by atoms with Crippen molar-refractivity contribution >= 4 is 17.3 Å². The summed E-state index contributed by atoms with van der Waals surface area (Å²) in [6.07, 6.45) is 9.72. The van der Waals surface area contributed by atoms with E-state index in [0.717, 1.165) is 11.4 Å². The first-order valence-corrected chi connectivity index (χ1v) is 4.52. The zero-order chi connectivity index (χ0) is 10.1. The number of rotatable bonds is 0. The molecule has 0 fully saturated rings. The fourth-order valence-corrected chi connectivity index (χ4v) is 1.43. The Hall–Kier alpha value is -2.37. The quantitative estimate of drug-likeness (QED) is 0.519. The molecule has 1 aliphatic heterocycles. The normalized spacial score (nSPS) is 16.8. The Morgan fingerprint density at radius 3 is 3.20 bits per heavy atom. The van der Waals surface area contributed by atoms with Crippen molar-refractivity contribution in [2.24, 2.45) is 4.99 Å². The molecule has 0 radical (unpaired) electrons. The van der Waals surface area contributed by atoms with E-state index >= 15 is 0 Å². The molecule has 0 spiro atoms. The predicted octanol–water partition coefficient (Wildman–Crippen LogP) is 1.90. The average Bonchev–Trinajstić information content (AvgIpc) is 2.50. The highest BCUT2D eigenvalue weighted by Crippen LogP contribution is 2.26. The number of allylic oxidation sites excluding steroid dienone is 5. The van der Waals surface area contributed by atoms with Crippen LogP contribution < -0.4 is 5.32 Å². The van der Waals surface area contributed by atoms with Gasteiger partial charge in [-0.25, -0.2) is 4.99 Å². The van der Waals surface area contributed by atoms with E-state index in [1.807, 2.05) is 30.4 Å². The lowest BCUT2D eigenvalue weighted by molar-refractivity contribution is 0.257. The van der Waals surface area contributed by atoms with Crippen molar-refractivity contribution in [3.63, 3.8) is 0 Å². The van der Waals surface area contributed by atoms with E-state index in [4.69, 9.17) is 4.63 Å². The van der Waals surface area contributed by atoms with Crippen molar-refractivity contribution in [3.05, 3.63) is 36.1 Å². The average molecular weight is 203 g/mol. The van der Waals surface area contributed by atoms with Gasteiger partial charge in [-0.15, -0.1) is 5.27 Å². The second-order valence-electron chi connectivity index (χ2n) is 3.10. The molecule has 76 valence electrons. The largest absolute Gasteiger partial charge is 0.335 e. The second-order valence-corrected chi connectivity index (χ2v) is 3.10. The first kappa shape index (κ1) is 7.98. The molecular formula is C9H9N5O. The summed E-state index contributed by atoms with van der Waals surface area (Å²) in [5.74, 6) is 1.35. The Bertz CT molecular complexity index is 529. The van der Waals surface area contributed by atoms with E-state index in [0.29, 0.717) is 11.6 Å². The molecule has 0 atom stereocenters. The Morgan fingerprint density at radius 2 is 2.20 bits per heavy atom. The Morgan fingerprint density at radius 1 is 1.20 bits per heavy atom. The van der Waals surface area contributed by atoms with Crippen molar-refractivity contribution in [2.45, 2.75) is 0 Å². The molecule has 6 nitrogen and oxygen atoms in total. The molecule has 3 rings (SSSR count). The first-order chi connectivity index (χ1) is 7.43. The zero-order valence-corrected chi connectivity index (χ0v) is 7.74. The molecule has 2 heterocycles. The molecule has 1 aliphatic carbocycles. The van der Waals surface area contributed by atoms with E-state index in [9.17, 15) is 0 Å². The van der Waals surface area contributed by atoms with Crippen LogP contribution in [0.4, 0.5) is 11.6 Å². The topological polar surface area (TPSA) is 84.9 Å². The molecule has 0 saturated carbocycles. The highest BCUT2D eigenvalue weighted by Gasteiger charge is 2.15. The van der Waals surface area contributed by atoms with E-state index in [-0.39, 0.29) is 0 Å². The third-order valence-corrected chi connectivity index (χ3v) is 2.12. The smallest absolute Gasteiger partial charge is 0.192 e.